The van der Waals surface area contributed by atoms with Gasteiger partial charge in [-0.15, -0.1) is 0 Å². The fraction of sp³-hybridized carbons (Fsp3) is 0.435. The lowest BCUT2D eigenvalue weighted by molar-refractivity contribution is -0.175. The molecule has 2 unspecified atom stereocenters. The number of carbonyl (C=O) groups is 2. The number of carbonyl (C=O) groups excluding carboxylic acids is 2. The molecule has 0 radical (unpaired) electrons. The minimum Gasteiger partial charge on any atom is -0.496 e. The van der Waals surface area contributed by atoms with Crippen molar-refractivity contribution in [2.24, 2.45) is 23.0 Å². The predicted octanol–water partition coefficient (Wildman–Crippen LogP) is 7.21. The van der Waals surface area contributed by atoms with E-state index < -0.39 is 52.4 Å². The second-order valence-electron chi connectivity index (χ2n) is 15.4. The Hall–Kier alpha value is -5.06. The summed E-state index contributed by atoms with van der Waals surface area (Å²) in [5.74, 6) is -0.915. The molecule has 0 aliphatic heterocycles. The van der Waals surface area contributed by atoms with Crippen molar-refractivity contribution >= 4 is 11.8 Å². The summed E-state index contributed by atoms with van der Waals surface area (Å²) in [4.78, 5) is 31.8. The fourth-order valence-corrected chi connectivity index (χ4v) is 9.17. The Morgan fingerprint density at radius 1 is 0.571 bits per heavy atom. The maximum Gasteiger partial charge on any atom is 0.239 e. The number of benzene rings is 4. The molecule has 0 aromatic heterocycles. The van der Waals surface area contributed by atoms with Gasteiger partial charge in [0.05, 0.1) is 40.5 Å². The van der Waals surface area contributed by atoms with Crippen LogP contribution in [0.1, 0.15) is 82.1 Å². The average molecular weight is 767 g/mol. The largest absolute Gasteiger partial charge is 0.496 e. The van der Waals surface area contributed by atoms with Crippen LogP contribution in [0.4, 0.5) is 0 Å². The molecular formula is C46H58N2O8. The molecule has 2 amide bonds. The SMILES string of the molecule is COc1ccccc1C(O)(c1ccccc1OC)C(C(C)C)N(C(=O)C1(C(N)=O)CCCCC1)C(C(C)C)C(O)(c1ccccc1OC)c1ccccc1OC. The van der Waals surface area contributed by atoms with Crippen LogP contribution in [-0.4, -0.2) is 67.5 Å². The van der Waals surface area contributed by atoms with Gasteiger partial charge in [-0.25, -0.2) is 0 Å². The second kappa shape index (κ2) is 17.4. The van der Waals surface area contributed by atoms with Gasteiger partial charge in [-0.2, -0.15) is 0 Å². The predicted molar refractivity (Wildman–Crippen MR) is 217 cm³/mol. The van der Waals surface area contributed by atoms with Gasteiger partial charge in [0.25, 0.3) is 0 Å². The molecular weight excluding hydrogens is 709 g/mol. The molecule has 10 heteroatoms. The molecule has 1 aliphatic rings. The monoisotopic (exact) mass is 766 g/mol. The minimum atomic E-state index is -2.08. The number of hydrogen-bond acceptors (Lipinski definition) is 8. The van der Waals surface area contributed by atoms with E-state index in [0.717, 1.165) is 6.42 Å². The van der Waals surface area contributed by atoms with Crippen LogP contribution in [-0.2, 0) is 20.8 Å². The maximum absolute atomic E-state index is 16.3. The van der Waals surface area contributed by atoms with Crippen LogP contribution >= 0.6 is 0 Å². The van der Waals surface area contributed by atoms with Gasteiger partial charge < -0.3 is 39.8 Å². The Labute approximate surface area is 331 Å². The number of methoxy groups -OCH3 is 4. The van der Waals surface area contributed by atoms with E-state index in [1.807, 2.05) is 27.7 Å². The van der Waals surface area contributed by atoms with Crippen molar-refractivity contribution in [2.45, 2.75) is 83.1 Å². The highest BCUT2D eigenvalue weighted by Crippen LogP contribution is 2.53. The summed E-state index contributed by atoms with van der Waals surface area (Å²) in [5, 5.41) is 28.2. The third-order valence-electron chi connectivity index (χ3n) is 11.6. The van der Waals surface area contributed by atoms with Crippen LogP contribution < -0.4 is 24.7 Å². The van der Waals surface area contributed by atoms with E-state index in [0.29, 0.717) is 58.1 Å². The van der Waals surface area contributed by atoms with Crippen LogP contribution in [0.3, 0.4) is 0 Å². The lowest BCUT2D eigenvalue weighted by Crippen LogP contribution is -2.69. The third kappa shape index (κ3) is 7.21. The summed E-state index contributed by atoms with van der Waals surface area (Å²) >= 11 is 0. The van der Waals surface area contributed by atoms with E-state index in [1.54, 1.807) is 102 Å². The van der Waals surface area contributed by atoms with Crippen LogP contribution in [0.5, 0.6) is 23.0 Å². The molecule has 0 spiro atoms. The van der Waals surface area contributed by atoms with Crippen LogP contribution in [0.2, 0.25) is 0 Å². The van der Waals surface area contributed by atoms with Gasteiger partial charge in [0.1, 0.15) is 39.6 Å². The Balaban J connectivity index is 2.03. The maximum atomic E-state index is 16.3. The summed E-state index contributed by atoms with van der Waals surface area (Å²) in [6.45, 7) is 7.67. The number of hydrogen-bond donors (Lipinski definition) is 3. The van der Waals surface area contributed by atoms with Crippen LogP contribution in [0.25, 0.3) is 0 Å². The van der Waals surface area contributed by atoms with Crippen molar-refractivity contribution in [3.63, 3.8) is 0 Å². The smallest absolute Gasteiger partial charge is 0.239 e. The number of ether oxygens (including phenoxy) is 4. The lowest BCUT2D eigenvalue weighted by atomic mass is 9.66. The van der Waals surface area contributed by atoms with E-state index in [4.69, 9.17) is 24.7 Å². The topological polar surface area (TPSA) is 141 Å². The number of nitrogens with zero attached hydrogens (tertiary/aromatic N) is 1. The van der Waals surface area contributed by atoms with Crippen molar-refractivity contribution in [1.29, 1.82) is 0 Å². The summed E-state index contributed by atoms with van der Waals surface area (Å²) < 4.78 is 23.8. The first-order valence-electron chi connectivity index (χ1n) is 19.4. The first-order chi connectivity index (χ1) is 26.8. The van der Waals surface area contributed by atoms with E-state index in [1.165, 1.54) is 28.4 Å². The molecule has 2 atom stereocenters. The number of aliphatic hydroxyl groups is 2. The molecule has 0 bridgehead atoms. The first kappa shape index (κ1) is 42.1. The van der Waals surface area contributed by atoms with E-state index in [2.05, 4.69) is 0 Å². The fourth-order valence-electron chi connectivity index (χ4n) is 9.17. The van der Waals surface area contributed by atoms with E-state index in [-0.39, 0.29) is 12.8 Å². The molecule has 4 N–H and O–H groups in total. The van der Waals surface area contributed by atoms with Gasteiger partial charge in [0.2, 0.25) is 11.8 Å². The number of nitrogens with two attached hydrogens (primary N) is 1. The zero-order valence-corrected chi connectivity index (χ0v) is 34.0. The summed E-state index contributed by atoms with van der Waals surface area (Å²) in [6, 6.07) is 26.1. The van der Waals surface area contributed by atoms with Crippen molar-refractivity contribution < 1.29 is 38.7 Å². The highest BCUT2D eigenvalue weighted by atomic mass is 16.5. The van der Waals surface area contributed by atoms with Crippen molar-refractivity contribution in [1.82, 2.24) is 4.90 Å². The minimum absolute atomic E-state index is 0.219. The number of para-hydroxylation sites is 4. The third-order valence-corrected chi connectivity index (χ3v) is 11.6. The highest BCUT2D eigenvalue weighted by molar-refractivity contribution is 6.05. The molecule has 56 heavy (non-hydrogen) atoms. The summed E-state index contributed by atoms with van der Waals surface area (Å²) in [7, 11) is 6.10. The Kier molecular flexibility index (Phi) is 13.1. The normalized spacial score (nSPS) is 15.5. The summed E-state index contributed by atoms with van der Waals surface area (Å²) in [5.41, 5.74) is 2.00. The zero-order valence-electron chi connectivity index (χ0n) is 34.0. The summed E-state index contributed by atoms with van der Waals surface area (Å²) in [6.07, 6.45) is 2.48. The molecule has 1 fully saturated rings. The van der Waals surface area contributed by atoms with Crippen LogP contribution in [0.15, 0.2) is 97.1 Å². The number of primary amides is 1. The van der Waals surface area contributed by atoms with Crippen molar-refractivity contribution in [3.05, 3.63) is 119 Å². The molecule has 1 aliphatic carbocycles. The Morgan fingerprint density at radius 2 is 0.857 bits per heavy atom. The molecule has 300 valence electrons. The molecule has 0 heterocycles. The van der Waals surface area contributed by atoms with Crippen molar-refractivity contribution in [3.8, 4) is 23.0 Å². The lowest BCUT2D eigenvalue weighted by Gasteiger charge is -2.56. The molecule has 4 aromatic carbocycles. The average Bonchev–Trinajstić information content (AvgIpc) is 3.22. The van der Waals surface area contributed by atoms with E-state index in [9.17, 15) is 15.0 Å². The molecule has 5 rings (SSSR count). The molecule has 10 nitrogen and oxygen atoms in total. The van der Waals surface area contributed by atoms with Gasteiger partial charge >= 0.3 is 0 Å². The van der Waals surface area contributed by atoms with Crippen LogP contribution in [0, 0.1) is 17.3 Å². The standard InChI is InChI=1S/C46H58N2O8/c1-30(2)40(45(51,32-20-10-14-24-36(32)53-5)33-21-11-15-25-37(33)54-6)48(43(50)44(42(47)49)28-18-9-19-29-44)41(31(3)4)46(52,34-22-12-16-26-38(34)55-7)35-23-13-17-27-39(35)56-8/h10-17,20-27,30-31,40-41,51-52H,9,18-19,28-29H2,1-8H3,(H2,47,49). The second-order valence-corrected chi connectivity index (χ2v) is 15.4. The quantitative estimate of drug-likeness (QED) is 0.102. The zero-order chi connectivity index (χ0) is 40.8. The van der Waals surface area contributed by atoms with Crippen molar-refractivity contribution in [2.75, 3.05) is 28.4 Å². The highest BCUT2D eigenvalue weighted by Gasteiger charge is 2.61. The van der Waals surface area contributed by atoms with Gasteiger partial charge in [-0.1, -0.05) is 120 Å². The Morgan fingerprint density at radius 3 is 1.11 bits per heavy atom. The van der Waals surface area contributed by atoms with E-state index >= 15 is 4.79 Å². The first-order valence-corrected chi connectivity index (χ1v) is 19.4. The molecule has 4 aromatic rings. The number of rotatable bonds is 16. The molecule has 1 saturated carbocycles. The number of amides is 2. The Bertz CT molecular complexity index is 1760. The molecule has 0 saturated heterocycles. The van der Waals surface area contributed by atoms with Gasteiger partial charge in [0.15, 0.2) is 0 Å². The van der Waals surface area contributed by atoms with Gasteiger partial charge in [-0.05, 0) is 48.9 Å². The van der Waals surface area contributed by atoms with Gasteiger partial charge in [0, 0.05) is 22.3 Å². The van der Waals surface area contributed by atoms with Gasteiger partial charge in [-0.3, -0.25) is 9.59 Å².